The summed E-state index contributed by atoms with van der Waals surface area (Å²) >= 11 is 2.40. The van der Waals surface area contributed by atoms with Crippen LogP contribution in [-0.4, -0.2) is 0 Å². The van der Waals surface area contributed by atoms with Crippen molar-refractivity contribution in [3.63, 3.8) is 0 Å². The van der Waals surface area contributed by atoms with E-state index < -0.39 is 0 Å². The topological polar surface area (TPSA) is 43.4 Å². The number of rotatable bonds is 0. The van der Waals surface area contributed by atoms with Crippen LogP contribution in [0.3, 0.4) is 0 Å². The normalized spacial score (nSPS) is 18.6. The third-order valence-corrected chi connectivity index (χ3v) is 5.18. The Hall–Kier alpha value is -1.30. The second-order valence-electron chi connectivity index (χ2n) is 5.40. The minimum absolute atomic E-state index is 0.271. The van der Waals surface area contributed by atoms with Gasteiger partial charge in [-0.15, -0.1) is 0 Å². The summed E-state index contributed by atoms with van der Waals surface area (Å²) < 4.78 is 11.9. The van der Waals surface area contributed by atoms with Crippen LogP contribution in [-0.2, 0) is 6.42 Å². The molecule has 0 aliphatic heterocycles. The maximum atomic E-state index is 12.3. The summed E-state index contributed by atoms with van der Waals surface area (Å²) in [7, 11) is 0. The smallest absolute Gasteiger partial charge is 0.347 e. The Kier molecular flexibility index (Phi) is 2.70. The van der Waals surface area contributed by atoms with Gasteiger partial charge in [0.15, 0.2) is 5.58 Å². The van der Waals surface area contributed by atoms with Gasteiger partial charge in [0.1, 0.15) is 16.7 Å². The minimum atomic E-state index is -0.271. The molecule has 0 radical (unpaired) electrons. The fraction of sp³-hybridized carbons (Fsp3) is 0.312. The molecular weight excluding hydrogens is 367 g/mol. The van der Waals surface area contributed by atoms with Gasteiger partial charge in [0.05, 0.1) is 9.31 Å². The predicted octanol–water partition coefficient (Wildman–Crippen LogP) is 4.66. The summed E-state index contributed by atoms with van der Waals surface area (Å²) in [6, 6.07) is 5.81. The third kappa shape index (κ3) is 1.67. The van der Waals surface area contributed by atoms with E-state index in [2.05, 4.69) is 22.6 Å². The maximum Gasteiger partial charge on any atom is 0.347 e. The van der Waals surface area contributed by atoms with Crippen molar-refractivity contribution in [2.24, 2.45) is 0 Å². The number of alkyl halides is 1. The van der Waals surface area contributed by atoms with Crippen LogP contribution in [0.15, 0.2) is 31.8 Å². The SMILES string of the molecule is Cc1ccc2oc(=O)c3c4c(oc3c2c1)C(I)CCC4. The molecule has 0 bridgehead atoms. The number of hydrogen-bond donors (Lipinski definition) is 0. The molecule has 4 heteroatoms. The molecule has 0 amide bonds. The lowest BCUT2D eigenvalue weighted by molar-refractivity contribution is 0.509. The molecule has 0 saturated heterocycles. The Morgan fingerprint density at radius 3 is 3.00 bits per heavy atom. The van der Waals surface area contributed by atoms with Crippen LogP contribution in [0.5, 0.6) is 0 Å². The zero-order valence-electron chi connectivity index (χ0n) is 11.0. The van der Waals surface area contributed by atoms with E-state index >= 15 is 0 Å². The van der Waals surface area contributed by atoms with Crippen molar-refractivity contribution in [3.05, 3.63) is 45.5 Å². The molecule has 3 aromatic rings. The number of aryl methyl sites for hydroxylation is 2. The number of fused-ring (bicyclic) bond motifs is 5. The molecule has 2 aromatic heterocycles. The van der Waals surface area contributed by atoms with Gasteiger partial charge in [0, 0.05) is 5.56 Å². The van der Waals surface area contributed by atoms with Crippen LogP contribution in [0.1, 0.15) is 33.7 Å². The first-order chi connectivity index (χ1) is 9.65. The van der Waals surface area contributed by atoms with Gasteiger partial charge in [-0.05, 0) is 38.3 Å². The number of hydrogen-bond acceptors (Lipinski definition) is 3. The van der Waals surface area contributed by atoms with Gasteiger partial charge in [-0.3, -0.25) is 0 Å². The first kappa shape index (κ1) is 12.4. The lowest BCUT2D eigenvalue weighted by Gasteiger charge is -2.14. The number of benzene rings is 1. The number of furan rings is 1. The molecule has 20 heavy (non-hydrogen) atoms. The molecule has 102 valence electrons. The van der Waals surface area contributed by atoms with Gasteiger partial charge in [-0.25, -0.2) is 4.79 Å². The molecule has 0 spiro atoms. The molecular formula is C16H13IO3. The Bertz CT molecular complexity index is 888. The monoisotopic (exact) mass is 380 g/mol. The first-order valence-corrected chi connectivity index (χ1v) is 8.02. The van der Waals surface area contributed by atoms with Crippen molar-refractivity contribution in [2.45, 2.75) is 30.1 Å². The summed E-state index contributed by atoms with van der Waals surface area (Å²) in [6.45, 7) is 2.03. The summed E-state index contributed by atoms with van der Waals surface area (Å²) in [5.74, 6) is 0.966. The highest BCUT2D eigenvalue weighted by molar-refractivity contribution is 14.1. The zero-order valence-corrected chi connectivity index (χ0v) is 13.2. The molecule has 2 heterocycles. The van der Waals surface area contributed by atoms with Crippen LogP contribution in [0.25, 0.3) is 21.9 Å². The average molecular weight is 380 g/mol. The highest BCUT2D eigenvalue weighted by Crippen LogP contribution is 2.42. The minimum Gasteiger partial charge on any atom is -0.459 e. The third-order valence-electron chi connectivity index (χ3n) is 3.99. The Balaban J connectivity index is 2.22. The molecule has 1 unspecified atom stereocenters. The summed E-state index contributed by atoms with van der Waals surface area (Å²) in [6.07, 6.45) is 3.11. The van der Waals surface area contributed by atoms with Crippen molar-refractivity contribution in [1.82, 2.24) is 0 Å². The highest BCUT2D eigenvalue weighted by atomic mass is 127. The number of halogens is 1. The van der Waals surface area contributed by atoms with Crippen molar-refractivity contribution >= 4 is 44.5 Å². The summed E-state index contributed by atoms with van der Waals surface area (Å²) in [5.41, 5.74) is 3.22. The lowest BCUT2D eigenvalue weighted by atomic mass is 9.96. The van der Waals surface area contributed by atoms with Crippen molar-refractivity contribution in [2.75, 3.05) is 0 Å². The standard InChI is InChI=1S/C16H13IO3/c1-8-5-6-12-10(7-8)15-13(16(18)19-12)9-3-2-4-11(17)14(9)20-15/h5-7,11H,2-4H2,1H3. The molecule has 1 aliphatic rings. The largest absolute Gasteiger partial charge is 0.459 e. The molecule has 1 aliphatic carbocycles. The lowest BCUT2D eigenvalue weighted by Crippen LogP contribution is -2.06. The summed E-state index contributed by atoms with van der Waals surface area (Å²) in [4.78, 5) is 12.3. The van der Waals surface area contributed by atoms with E-state index in [1.54, 1.807) is 0 Å². The van der Waals surface area contributed by atoms with Crippen LogP contribution >= 0.6 is 22.6 Å². The Labute approximate surface area is 129 Å². The predicted molar refractivity (Wildman–Crippen MR) is 86.7 cm³/mol. The fourth-order valence-electron chi connectivity index (χ4n) is 3.04. The van der Waals surface area contributed by atoms with E-state index in [0.717, 1.165) is 41.5 Å². The first-order valence-electron chi connectivity index (χ1n) is 6.78. The molecule has 0 saturated carbocycles. The van der Waals surface area contributed by atoms with Crippen LogP contribution in [0.4, 0.5) is 0 Å². The van der Waals surface area contributed by atoms with Crippen LogP contribution < -0.4 is 5.63 Å². The van der Waals surface area contributed by atoms with Gasteiger partial charge >= 0.3 is 5.63 Å². The van der Waals surface area contributed by atoms with Gasteiger partial charge in [0.25, 0.3) is 0 Å². The van der Waals surface area contributed by atoms with Crippen LogP contribution in [0.2, 0.25) is 0 Å². The molecule has 0 fully saturated rings. The van der Waals surface area contributed by atoms with Crippen molar-refractivity contribution < 1.29 is 8.83 Å². The maximum absolute atomic E-state index is 12.3. The second kappa shape index (κ2) is 4.35. The van der Waals surface area contributed by atoms with Crippen molar-refractivity contribution in [3.8, 4) is 0 Å². The van der Waals surface area contributed by atoms with E-state index in [-0.39, 0.29) is 5.63 Å². The fourth-order valence-corrected chi connectivity index (χ4v) is 3.98. The van der Waals surface area contributed by atoms with E-state index in [0.29, 0.717) is 20.5 Å². The summed E-state index contributed by atoms with van der Waals surface area (Å²) in [5, 5.41) is 1.55. The highest BCUT2D eigenvalue weighted by Gasteiger charge is 2.27. The van der Waals surface area contributed by atoms with Crippen LogP contribution in [0, 0.1) is 6.92 Å². The van der Waals surface area contributed by atoms with Gasteiger partial charge in [-0.1, -0.05) is 34.2 Å². The van der Waals surface area contributed by atoms with Crippen molar-refractivity contribution in [1.29, 1.82) is 0 Å². The molecule has 3 nitrogen and oxygen atoms in total. The van der Waals surface area contributed by atoms with Gasteiger partial charge < -0.3 is 8.83 Å². The van der Waals surface area contributed by atoms with Gasteiger partial charge in [-0.2, -0.15) is 0 Å². The molecule has 0 N–H and O–H groups in total. The van der Waals surface area contributed by atoms with E-state index in [9.17, 15) is 4.79 Å². The van der Waals surface area contributed by atoms with E-state index in [4.69, 9.17) is 8.83 Å². The second-order valence-corrected chi connectivity index (χ2v) is 6.90. The molecule has 1 aromatic carbocycles. The molecule has 4 rings (SSSR count). The van der Waals surface area contributed by atoms with Gasteiger partial charge in [0.2, 0.25) is 0 Å². The van der Waals surface area contributed by atoms with E-state index in [1.165, 1.54) is 0 Å². The average Bonchev–Trinajstić information content (AvgIpc) is 2.82. The Morgan fingerprint density at radius 1 is 1.30 bits per heavy atom. The Morgan fingerprint density at radius 2 is 2.15 bits per heavy atom. The zero-order chi connectivity index (χ0) is 13.9. The van der Waals surface area contributed by atoms with E-state index in [1.807, 2.05) is 25.1 Å². The molecule has 1 atom stereocenters. The quantitative estimate of drug-likeness (QED) is 0.324.